The molecule has 1 aromatic rings. The van der Waals surface area contributed by atoms with Crippen molar-refractivity contribution in [3.05, 3.63) is 29.8 Å². The van der Waals surface area contributed by atoms with Crippen LogP contribution in [0.3, 0.4) is 0 Å². The Morgan fingerprint density at radius 3 is 2.16 bits per heavy atom. The molecule has 0 saturated carbocycles. The molecule has 0 bridgehead atoms. The van der Waals surface area contributed by atoms with Gasteiger partial charge >= 0.3 is 6.09 Å². The Hall–Kier alpha value is -2.57. The first-order valence-electron chi connectivity index (χ1n) is 8.07. The number of alkyl carbamates (subject to hydrolysis) is 1. The van der Waals surface area contributed by atoms with Gasteiger partial charge in [0.2, 0.25) is 11.8 Å². The van der Waals surface area contributed by atoms with Crippen molar-refractivity contribution in [2.45, 2.75) is 45.8 Å². The molecule has 1 atom stereocenters. The molecule has 0 heterocycles. The molecule has 138 valence electrons. The van der Waals surface area contributed by atoms with E-state index >= 15 is 0 Å². The first-order valence-corrected chi connectivity index (χ1v) is 8.07. The highest BCUT2D eigenvalue weighted by Crippen LogP contribution is 2.11. The van der Waals surface area contributed by atoms with Gasteiger partial charge in [-0.15, -0.1) is 0 Å². The molecule has 0 fully saturated rings. The van der Waals surface area contributed by atoms with Crippen LogP contribution >= 0.6 is 0 Å². The normalized spacial score (nSPS) is 12.1. The molecule has 3 amide bonds. The van der Waals surface area contributed by atoms with Crippen LogP contribution in [0.2, 0.25) is 0 Å². The number of nitrogens with one attached hydrogen (secondary N) is 2. The zero-order valence-electron chi connectivity index (χ0n) is 15.7. The maximum absolute atomic E-state index is 12.1. The summed E-state index contributed by atoms with van der Waals surface area (Å²) in [5.74, 6) is -0.352. The molecule has 2 N–H and O–H groups in total. The van der Waals surface area contributed by atoms with Gasteiger partial charge < -0.3 is 20.3 Å². The van der Waals surface area contributed by atoms with Crippen molar-refractivity contribution < 1.29 is 19.1 Å². The lowest BCUT2D eigenvalue weighted by Crippen LogP contribution is -2.43. The second-order valence-corrected chi connectivity index (χ2v) is 7.02. The molecule has 1 rings (SSSR count). The van der Waals surface area contributed by atoms with Crippen LogP contribution in [0.25, 0.3) is 0 Å². The minimum atomic E-state index is -0.746. The van der Waals surface area contributed by atoms with Gasteiger partial charge in [-0.1, -0.05) is 12.1 Å². The number of amides is 3. The van der Waals surface area contributed by atoms with Gasteiger partial charge in [0.25, 0.3) is 0 Å². The van der Waals surface area contributed by atoms with Gasteiger partial charge in [-0.05, 0) is 45.4 Å². The number of anilines is 1. The molecule has 0 spiro atoms. The molecular formula is C18H27N3O4. The third-order valence-corrected chi connectivity index (χ3v) is 3.20. The van der Waals surface area contributed by atoms with Crippen LogP contribution in [0.15, 0.2) is 24.3 Å². The number of ether oxygens (including phenoxy) is 1. The number of nitrogens with zero attached hydrogens (tertiary/aromatic N) is 1. The topological polar surface area (TPSA) is 87.7 Å². The average Bonchev–Trinajstić information content (AvgIpc) is 2.46. The molecule has 1 aromatic carbocycles. The fourth-order valence-corrected chi connectivity index (χ4v) is 1.84. The number of carbonyl (C=O) groups excluding carboxylic acids is 3. The second kappa shape index (κ2) is 8.50. The van der Waals surface area contributed by atoms with Crippen LogP contribution < -0.4 is 10.6 Å². The molecule has 25 heavy (non-hydrogen) atoms. The molecule has 1 unspecified atom stereocenters. The quantitative estimate of drug-likeness (QED) is 0.853. The van der Waals surface area contributed by atoms with Crippen LogP contribution in [0.1, 0.15) is 33.3 Å². The fourth-order valence-electron chi connectivity index (χ4n) is 1.84. The molecule has 0 radical (unpaired) electrons. The van der Waals surface area contributed by atoms with E-state index in [2.05, 4.69) is 10.6 Å². The van der Waals surface area contributed by atoms with Gasteiger partial charge in [0, 0.05) is 19.8 Å². The minimum absolute atomic E-state index is 0.00645. The number of hydrogen-bond donors (Lipinski definition) is 2. The van der Waals surface area contributed by atoms with E-state index in [-0.39, 0.29) is 11.8 Å². The van der Waals surface area contributed by atoms with Gasteiger partial charge in [-0.3, -0.25) is 9.59 Å². The van der Waals surface area contributed by atoms with Crippen LogP contribution in [0.5, 0.6) is 0 Å². The summed E-state index contributed by atoms with van der Waals surface area (Å²) >= 11 is 0. The largest absolute Gasteiger partial charge is 0.444 e. The Labute approximate surface area is 148 Å². The lowest BCUT2D eigenvalue weighted by Gasteiger charge is -2.21. The molecule has 0 aliphatic rings. The van der Waals surface area contributed by atoms with E-state index < -0.39 is 17.7 Å². The predicted octanol–water partition coefficient (Wildman–Crippen LogP) is 2.17. The first kappa shape index (κ1) is 20.5. The van der Waals surface area contributed by atoms with E-state index in [0.717, 1.165) is 5.56 Å². The second-order valence-electron chi connectivity index (χ2n) is 7.02. The van der Waals surface area contributed by atoms with Crippen LogP contribution in [0.4, 0.5) is 10.5 Å². The van der Waals surface area contributed by atoms with E-state index in [1.165, 1.54) is 4.90 Å². The minimum Gasteiger partial charge on any atom is -0.444 e. The Morgan fingerprint density at radius 1 is 1.12 bits per heavy atom. The number of carbonyl (C=O) groups is 3. The first-order chi connectivity index (χ1) is 11.5. The van der Waals surface area contributed by atoms with Crippen molar-refractivity contribution in [1.29, 1.82) is 0 Å². The zero-order valence-corrected chi connectivity index (χ0v) is 15.7. The van der Waals surface area contributed by atoms with Crippen molar-refractivity contribution in [3.8, 4) is 0 Å². The standard InChI is InChI=1S/C18H27N3O4/c1-12(19-17(24)25-18(2,3)4)16(23)20-14-9-7-13(8-10-14)11-15(22)21(5)6/h7-10,12H,11H2,1-6H3,(H,19,24)(H,20,23). The summed E-state index contributed by atoms with van der Waals surface area (Å²) in [7, 11) is 3.41. The summed E-state index contributed by atoms with van der Waals surface area (Å²) in [6.07, 6.45) is -0.342. The molecule has 7 nitrogen and oxygen atoms in total. The molecule has 0 aliphatic heterocycles. The highest BCUT2D eigenvalue weighted by atomic mass is 16.6. The zero-order chi connectivity index (χ0) is 19.2. The Bertz CT molecular complexity index is 618. The molecule has 7 heteroatoms. The van der Waals surface area contributed by atoms with Crippen molar-refractivity contribution >= 4 is 23.6 Å². The summed E-state index contributed by atoms with van der Waals surface area (Å²) in [6.45, 7) is 6.82. The maximum Gasteiger partial charge on any atom is 0.408 e. The molecule has 0 aromatic heterocycles. The lowest BCUT2D eigenvalue weighted by molar-refractivity contribution is -0.128. The summed E-state index contributed by atoms with van der Waals surface area (Å²) in [6, 6.07) is 6.25. The van der Waals surface area contributed by atoms with E-state index in [4.69, 9.17) is 4.74 Å². The maximum atomic E-state index is 12.1. The summed E-state index contributed by atoms with van der Waals surface area (Å²) in [5.41, 5.74) is 0.820. The lowest BCUT2D eigenvalue weighted by atomic mass is 10.1. The Kier molecular flexibility index (Phi) is 6.97. The van der Waals surface area contributed by atoms with Crippen molar-refractivity contribution in [3.63, 3.8) is 0 Å². The monoisotopic (exact) mass is 349 g/mol. The van der Waals surface area contributed by atoms with Crippen LogP contribution in [0, 0.1) is 0 Å². The van der Waals surface area contributed by atoms with Crippen molar-refractivity contribution in [2.75, 3.05) is 19.4 Å². The molecular weight excluding hydrogens is 322 g/mol. The summed E-state index contributed by atoms with van der Waals surface area (Å²) in [4.78, 5) is 37.0. The van der Waals surface area contributed by atoms with Gasteiger partial charge in [-0.25, -0.2) is 4.79 Å². The fraction of sp³-hybridized carbons (Fsp3) is 0.500. The van der Waals surface area contributed by atoms with Crippen LogP contribution in [-0.2, 0) is 20.7 Å². The predicted molar refractivity (Wildman–Crippen MR) is 96.3 cm³/mol. The van der Waals surface area contributed by atoms with E-state index in [9.17, 15) is 14.4 Å². The third kappa shape index (κ3) is 7.69. The van der Waals surface area contributed by atoms with Crippen molar-refractivity contribution in [1.82, 2.24) is 10.2 Å². The number of benzene rings is 1. The van der Waals surface area contributed by atoms with E-state index in [1.807, 2.05) is 0 Å². The van der Waals surface area contributed by atoms with Gasteiger partial charge in [-0.2, -0.15) is 0 Å². The highest BCUT2D eigenvalue weighted by Gasteiger charge is 2.21. The number of rotatable bonds is 5. The van der Waals surface area contributed by atoms with Gasteiger partial charge in [0.1, 0.15) is 11.6 Å². The Balaban J connectivity index is 2.56. The average molecular weight is 349 g/mol. The van der Waals surface area contributed by atoms with Crippen LogP contribution in [-0.4, -0.2) is 48.5 Å². The summed E-state index contributed by atoms with van der Waals surface area (Å²) < 4.78 is 5.11. The van der Waals surface area contributed by atoms with Gasteiger partial charge in [0.15, 0.2) is 0 Å². The SMILES string of the molecule is CC(NC(=O)OC(C)(C)C)C(=O)Nc1ccc(CC(=O)N(C)C)cc1. The van der Waals surface area contributed by atoms with Gasteiger partial charge in [0.05, 0.1) is 6.42 Å². The summed E-state index contributed by atoms with van der Waals surface area (Å²) in [5, 5.41) is 5.19. The number of likely N-dealkylation sites (N-methyl/N-ethyl adjacent to an activating group) is 1. The molecule has 0 aliphatic carbocycles. The Morgan fingerprint density at radius 2 is 1.68 bits per heavy atom. The highest BCUT2D eigenvalue weighted by molar-refractivity contribution is 5.96. The third-order valence-electron chi connectivity index (χ3n) is 3.20. The van der Waals surface area contributed by atoms with Crippen molar-refractivity contribution in [2.24, 2.45) is 0 Å². The van der Waals surface area contributed by atoms with E-state index in [1.54, 1.807) is 66.1 Å². The van der Waals surface area contributed by atoms with E-state index in [0.29, 0.717) is 12.1 Å². The number of hydrogen-bond acceptors (Lipinski definition) is 4. The smallest absolute Gasteiger partial charge is 0.408 e. The molecule has 0 saturated heterocycles.